The van der Waals surface area contributed by atoms with Gasteiger partial charge >= 0.3 is 12.1 Å². The standard InChI is InChI=1S/C11H21NO5/c1-5-16-9(14)6-8(7-13)12-10(15)17-11(2,3)4/h8,13H,5-7H2,1-4H3,(H,12,15). The highest BCUT2D eigenvalue weighted by molar-refractivity contribution is 5.72. The van der Waals surface area contributed by atoms with Crippen molar-refractivity contribution in [2.75, 3.05) is 13.2 Å². The first-order valence-electron chi connectivity index (χ1n) is 5.54. The molecule has 0 heterocycles. The van der Waals surface area contributed by atoms with Crippen molar-refractivity contribution in [1.29, 1.82) is 0 Å². The van der Waals surface area contributed by atoms with Gasteiger partial charge in [-0.3, -0.25) is 4.79 Å². The van der Waals surface area contributed by atoms with Crippen molar-refractivity contribution in [3.63, 3.8) is 0 Å². The van der Waals surface area contributed by atoms with Crippen LogP contribution < -0.4 is 5.32 Å². The second kappa shape index (κ2) is 7.11. The summed E-state index contributed by atoms with van der Waals surface area (Å²) in [5.41, 5.74) is -0.617. The lowest BCUT2D eigenvalue weighted by atomic mass is 10.2. The maximum atomic E-state index is 11.4. The Balaban J connectivity index is 4.13. The molecule has 0 bridgehead atoms. The zero-order chi connectivity index (χ0) is 13.5. The first-order chi connectivity index (χ1) is 7.78. The molecule has 0 aliphatic rings. The average Bonchev–Trinajstić information content (AvgIpc) is 2.13. The third-order valence-electron chi connectivity index (χ3n) is 1.66. The van der Waals surface area contributed by atoms with Gasteiger partial charge in [-0.05, 0) is 27.7 Å². The second-order valence-electron chi connectivity index (χ2n) is 4.53. The number of aliphatic hydroxyl groups excluding tert-OH is 1. The van der Waals surface area contributed by atoms with Crippen LogP contribution >= 0.6 is 0 Å². The van der Waals surface area contributed by atoms with Gasteiger partial charge in [-0.1, -0.05) is 0 Å². The predicted molar refractivity (Wildman–Crippen MR) is 61.5 cm³/mol. The summed E-state index contributed by atoms with van der Waals surface area (Å²) in [7, 11) is 0. The summed E-state index contributed by atoms with van der Waals surface area (Å²) in [6, 6.07) is -0.691. The lowest BCUT2D eigenvalue weighted by Gasteiger charge is -2.22. The molecule has 0 saturated heterocycles. The van der Waals surface area contributed by atoms with Crippen LogP contribution in [0.5, 0.6) is 0 Å². The third kappa shape index (κ3) is 8.50. The number of nitrogens with one attached hydrogen (secondary N) is 1. The molecule has 17 heavy (non-hydrogen) atoms. The predicted octanol–water partition coefficient (Wildman–Crippen LogP) is 0.825. The number of amides is 1. The van der Waals surface area contributed by atoms with E-state index in [4.69, 9.17) is 14.6 Å². The van der Waals surface area contributed by atoms with Gasteiger partial charge in [0.2, 0.25) is 0 Å². The van der Waals surface area contributed by atoms with Crippen molar-refractivity contribution in [3.05, 3.63) is 0 Å². The fourth-order valence-corrected chi connectivity index (χ4v) is 1.06. The van der Waals surface area contributed by atoms with Crippen molar-refractivity contribution in [1.82, 2.24) is 5.32 Å². The molecule has 1 amide bonds. The number of hydrogen-bond acceptors (Lipinski definition) is 5. The summed E-state index contributed by atoms with van der Waals surface area (Å²) >= 11 is 0. The molecule has 0 spiro atoms. The third-order valence-corrected chi connectivity index (χ3v) is 1.66. The van der Waals surface area contributed by atoms with E-state index in [0.717, 1.165) is 0 Å². The number of alkyl carbamates (subject to hydrolysis) is 1. The minimum atomic E-state index is -0.691. The quantitative estimate of drug-likeness (QED) is 0.703. The Hall–Kier alpha value is -1.30. The zero-order valence-electron chi connectivity index (χ0n) is 10.8. The number of carbonyl (C=O) groups excluding carboxylic acids is 2. The monoisotopic (exact) mass is 247 g/mol. The number of ether oxygens (including phenoxy) is 2. The molecule has 0 radical (unpaired) electrons. The zero-order valence-corrected chi connectivity index (χ0v) is 10.8. The number of esters is 1. The van der Waals surface area contributed by atoms with Crippen molar-refractivity contribution < 1.29 is 24.2 Å². The van der Waals surface area contributed by atoms with Crippen molar-refractivity contribution in [2.24, 2.45) is 0 Å². The minimum absolute atomic E-state index is 0.0798. The fourth-order valence-electron chi connectivity index (χ4n) is 1.06. The normalized spacial score (nSPS) is 12.8. The van der Waals surface area contributed by atoms with Crippen LogP contribution in [0.25, 0.3) is 0 Å². The van der Waals surface area contributed by atoms with Crippen LogP contribution in [0.1, 0.15) is 34.1 Å². The Labute approximate surface area is 101 Å². The van der Waals surface area contributed by atoms with E-state index in [2.05, 4.69) is 5.32 Å². The molecule has 0 aromatic carbocycles. The van der Waals surface area contributed by atoms with Crippen LogP contribution in [-0.4, -0.2) is 42.0 Å². The van der Waals surface area contributed by atoms with Gasteiger partial charge in [0.05, 0.1) is 25.7 Å². The van der Waals surface area contributed by atoms with Gasteiger partial charge in [0.25, 0.3) is 0 Å². The molecule has 1 unspecified atom stereocenters. The Morgan fingerprint density at radius 1 is 1.35 bits per heavy atom. The Morgan fingerprint density at radius 2 is 1.94 bits per heavy atom. The van der Waals surface area contributed by atoms with Gasteiger partial charge in [-0.15, -0.1) is 0 Å². The first-order valence-corrected chi connectivity index (χ1v) is 5.54. The van der Waals surface area contributed by atoms with Crippen molar-refractivity contribution in [3.8, 4) is 0 Å². The van der Waals surface area contributed by atoms with E-state index in [1.165, 1.54) is 0 Å². The van der Waals surface area contributed by atoms with E-state index >= 15 is 0 Å². The summed E-state index contributed by atoms with van der Waals surface area (Å²) in [5.74, 6) is -0.470. The number of hydrogen-bond donors (Lipinski definition) is 2. The maximum absolute atomic E-state index is 11.4. The molecule has 1 atom stereocenters. The van der Waals surface area contributed by atoms with Gasteiger partial charge < -0.3 is 19.9 Å². The van der Waals surface area contributed by atoms with E-state index in [-0.39, 0.29) is 19.6 Å². The second-order valence-corrected chi connectivity index (χ2v) is 4.53. The average molecular weight is 247 g/mol. The van der Waals surface area contributed by atoms with Crippen LogP contribution in [0, 0.1) is 0 Å². The van der Waals surface area contributed by atoms with Crippen LogP contribution in [-0.2, 0) is 14.3 Å². The topological polar surface area (TPSA) is 84.9 Å². The molecule has 0 saturated carbocycles. The first kappa shape index (κ1) is 15.7. The highest BCUT2D eigenvalue weighted by atomic mass is 16.6. The van der Waals surface area contributed by atoms with Crippen molar-refractivity contribution >= 4 is 12.1 Å². The summed E-state index contributed by atoms with van der Waals surface area (Å²) in [4.78, 5) is 22.5. The molecule has 0 aliphatic carbocycles. The summed E-state index contributed by atoms with van der Waals surface area (Å²) in [6.45, 7) is 6.79. The van der Waals surface area contributed by atoms with Crippen LogP contribution in [0.2, 0.25) is 0 Å². The van der Waals surface area contributed by atoms with E-state index in [1.54, 1.807) is 27.7 Å². The number of aliphatic hydroxyl groups is 1. The number of rotatable bonds is 5. The number of carbonyl (C=O) groups is 2. The minimum Gasteiger partial charge on any atom is -0.466 e. The molecular weight excluding hydrogens is 226 g/mol. The van der Waals surface area contributed by atoms with Gasteiger partial charge in [0, 0.05) is 0 Å². The lowest BCUT2D eigenvalue weighted by molar-refractivity contribution is -0.143. The molecular formula is C11H21NO5. The molecule has 100 valence electrons. The largest absolute Gasteiger partial charge is 0.466 e. The molecule has 0 aromatic heterocycles. The SMILES string of the molecule is CCOC(=O)CC(CO)NC(=O)OC(C)(C)C. The summed E-state index contributed by atoms with van der Waals surface area (Å²) in [6.07, 6.45) is -0.746. The Morgan fingerprint density at radius 3 is 2.35 bits per heavy atom. The van der Waals surface area contributed by atoms with E-state index in [0.29, 0.717) is 0 Å². The molecule has 2 N–H and O–H groups in total. The highest BCUT2D eigenvalue weighted by Crippen LogP contribution is 2.07. The summed E-state index contributed by atoms with van der Waals surface area (Å²) in [5, 5.41) is 11.4. The van der Waals surface area contributed by atoms with Crippen molar-refractivity contribution in [2.45, 2.75) is 45.8 Å². The van der Waals surface area contributed by atoms with Gasteiger partial charge in [-0.25, -0.2) is 4.79 Å². The lowest BCUT2D eigenvalue weighted by Crippen LogP contribution is -2.42. The molecule has 6 heteroatoms. The van der Waals surface area contributed by atoms with Gasteiger partial charge in [0.1, 0.15) is 5.60 Å². The fraction of sp³-hybridized carbons (Fsp3) is 0.818. The summed E-state index contributed by atoms with van der Waals surface area (Å²) < 4.78 is 9.71. The van der Waals surface area contributed by atoms with Crippen LogP contribution in [0.3, 0.4) is 0 Å². The van der Waals surface area contributed by atoms with Crippen LogP contribution in [0.4, 0.5) is 4.79 Å². The molecule has 0 fully saturated rings. The highest BCUT2D eigenvalue weighted by Gasteiger charge is 2.21. The maximum Gasteiger partial charge on any atom is 0.407 e. The Kier molecular flexibility index (Phi) is 6.57. The van der Waals surface area contributed by atoms with E-state index in [9.17, 15) is 9.59 Å². The molecule has 0 aliphatic heterocycles. The molecule has 6 nitrogen and oxygen atoms in total. The smallest absolute Gasteiger partial charge is 0.407 e. The van der Waals surface area contributed by atoms with E-state index in [1.807, 2.05) is 0 Å². The van der Waals surface area contributed by atoms with E-state index < -0.39 is 23.7 Å². The van der Waals surface area contributed by atoms with Gasteiger partial charge in [-0.2, -0.15) is 0 Å². The van der Waals surface area contributed by atoms with Crippen LogP contribution in [0.15, 0.2) is 0 Å². The molecule has 0 rings (SSSR count). The Bertz CT molecular complexity index is 259. The molecule has 0 aromatic rings. The van der Waals surface area contributed by atoms with Gasteiger partial charge in [0.15, 0.2) is 0 Å².